The molecule has 40 heavy (non-hydrogen) atoms. The molecule has 2 rings (SSSR count). The van der Waals surface area contributed by atoms with Gasteiger partial charge in [0.25, 0.3) is 0 Å². The van der Waals surface area contributed by atoms with Crippen LogP contribution in [0.2, 0.25) is 0 Å². The normalized spacial score (nSPS) is 12.3. The Balaban J connectivity index is 2.38. The van der Waals surface area contributed by atoms with E-state index in [4.69, 9.17) is 0 Å². The van der Waals surface area contributed by atoms with E-state index >= 15 is 0 Å². The second-order valence-corrected chi connectivity index (χ2v) is 14.3. The van der Waals surface area contributed by atoms with Crippen LogP contribution in [0.4, 0.5) is 0 Å². The van der Waals surface area contributed by atoms with E-state index < -0.39 is 0 Å². The van der Waals surface area contributed by atoms with Gasteiger partial charge in [0.05, 0.1) is 0 Å². The highest BCUT2D eigenvalue weighted by Crippen LogP contribution is 2.46. The third-order valence-corrected chi connectivity index (χ3v) is 8.38. The van der Waals surface area contributed by atoms with Crippen LogP contribution in [-0.4, -0.2) is 10.2 Å². The molecule has 0 heterocycles. The molecule has 0 saturated carbocycles. The SMILES string of the molecule is CCCCCCCCCc1cc(-c2cc(CCCCCCCCC)cc(C(C)(C)C)c2O)c(O)c(C(C)(C)C)c1. The number of phenols is 2. The van der Waals surface area contributed by atoms with E-state index in [-0.39, 0.29) is 10.8 Å². The Bertz CT molecular complexity index is 936. The summed E-state index contributed by atoms with van der Waals surface area (Å²) in [6, 6.07) is 8.72. The van der Waals surface area contributed by atoms with Crippen molar-refractivity contribution in [3.63, 3.8) is 0 Å². The molecule has 0 fully saturated rings. The van der Waals surface area contributed by atoms with Crippen LogP contribution in [0.1, 0.15) is 168 Å². The highest BCUT2D eigenvalue weighted by atomic mass is 16.3. The molecule has 226 valence electrons. The summed E-state index contributed by atoms with van der Waals surface area (Å²) in [6.07, 6.45) is 20.1. The molecular weight excluding hydrogens is 488 g/mol. The molecule has 0 aromatic heterocycles. The lowest BCUT2D eigenvalue weighted by molar-refractivity contribution is 0.440. The zero-order valence-corrected chi connectivity index (χ0v) is 27.5. The van der Waals surface area contributed by atoms with Crippen molar-refractivity contribution in [1.29, 1.82) is 0 Å². The number of aromatic hydroxyl groups is 2. The van der Waals surface area contributed by atoms with Gasteiger partial charge in [0.2, 0.25) is 0 Å². The van der Waals surface area contributed by atoms with E-state index in [9.17, 15) is 10.2 Å². The van der Waals surface area contributed by atoms with E-state index in [0.29, 0.717) is 11.5 Å². The number of hydrogen-bond donors (Lipinski definition) is 2. The van der Waals surface area contributed by atoms with Gasteiger partial charge in [-0.2, -0.15) is 0 Å². The van der Waals surface area contributed by atoms with Gasteiger partial charge in [0, 0.05) is 22.3 Å². The van der Waals surface area contributed by atoms with Crippen molar-refractivity contribution < 1.29 is 10.2 Å². The van der Waals surface area contributed by atoms with Crippen LogP contribution >= 0.6 is 0 Å². The van der Waals surface area contributed by atoms with E-state index in [2.05, 4.69) is 79.7 Å². The third kappa shape index (κ3) is 10.8. The standard InChI is InChI=1S/C38H62O2/c1-9-11-13-15-17-19-21-23-29-25-31(35(39)33(27-29)37(3,4)5)32-26-30(24-22-20-18-16-14-12-10-2)28-34(36(32)40)38(6,7)8/h25-28,39-40H,9-24H2,1-8H3. The smallest absolute Gasteiger partial charge is 0.127 e. The molecule has 0 amide bonds. The van der Waals surface area contributed by atoms with Crippen molar-refractivity contribution in [2.45, 2.75) is 169 Å². The molecule has 0 bridgehead atoms. The first-order valence-corrected chi connectivity index (χ1v) is 16.6. The number of phenolic OH excluding ortho intramolecular Hbond substituents is 2. The van der Waals surface area contributed by atoms with Crippen molar-refractivity contribution in [3.05, 3.63) is 46.5 Å². The number of benzene rings is 2. The minimum absolute atomic E-state index is 0.188. The van der Waals surface area contributed by atoms with Crippen LogP contribution in [0.3, 0.4) is 0 Å². The fourth-order valence-electron chi connectivity index (χ4n) is 5.80. The van der Waals surface area contributed by atoms with Crippen LogP contribution in [0.5, 0.6) is 11.5 Å². The number of unbranched alkanes of at least 4 members (excludes halogenated alkanes) is 12. The first-order chi connectivity index (χ1) is 18.9. The van der Waals surface area contributed by atoms with Crippen LogP contribution in [0, 0.1) is 0 Å². The van der Waals surface area contributed by atoms with E-state index in [1.54, 1.807) is 0 Å². The van der Waals surface area contributed by atoms with Crippen molar-refractivity contribution in [2.75, 3.05) is 0 Å². The summed E-state index contributed by atoms with van der Waals surface area (Å²) >= 11 is 0. The van der Waals surface area contributed by atoms with Crippen LogP contribution < -0.4 is 0 Å². The Hall–Kier alpha value is -1.96. The molecule has 0 spiro atoms. The predicted molar refractivity (Wildman–Crippen MR) is 176 cm³/mol. The van der Waals surface area contributed by atoms with Crippen molar-refractivity contribution in [1.82, 2.24) is 0 Å². The third-order valence-electron chi connectivity index (χ3n) is 8.38. The molecule has 0 unspecified atom stereocenters. The second kappa shape index (κ2) is 16.5. The monoisotopic (exact) mass is 550 g/mol. The highest BCUT2D eigenvalue weighted by molar-refractivity contribution is 5.80. The fourth-order valence-corrected chi connectivity index (χ4v) is 5.80. The Morgan fingerprint density at radius 3 is 1.05 bits per heavy atom. The van der Waals surface area contributed by atoms with Gasteiger partial charge in [-0.25, -0.2) is 0 Å². The average molecular weight is 551 g/mol. The van der Waals surface area contributed by atoms with Gasteiger partial charge in [-0.05, 0) is 59.8 Å². The van der Waals surface area contributed by atoms with Crippen LogP contribution in [-0.2, 0) is 23.7 Å². The van der Waals surface area contributed by atoms with Gasteiger partial charge in [0.15, 0.2) is 0 Å². The van der Waals surface area contributed by atoms with Gasteiger partial charge < -0.3 is 10.2 Å². The maximum Gasteiger partial charge on any atom is 0.127 e. The molecule has 0 saturated heterocycles. The lowest BCUT2D eigenvalue weighted by atomic mass is 9.79. The molecule has 2 aromatic rings. The summed E-state index contributed by atoms with van der Waals surface area (Å²) in [5, 5.41) is 23.2. The topological polar surface area (TPSA) is 40.5 Å². The molecular formula is C38H62O2. The summed E-state index contributed by atoms with van der Waals surface area (Å²) in [4.78, 5) is 0. The van der Waals surface area contributed by atoms with Crippen LogP contribution in [0.25, 0.3) is 11.1 Å². The Morgan fingerprint density at radius 1 is 0.450 bits per heavy atom. The molecule has 0 aliphatic carbocycles. The van der Waals surface area contributed by atoms with Crippen molar-refractivity contribution >= 4 is 0 Å². The summed E-state index contributed by atoms with van der Waals surface area (Å²) < 4.78 is 0. The summed E-state index contributed by atoms with van der Waals surface area (Å²) in [6.45, 7) is 17.5. The maximum atomic E-state index is 11.6. The second-order valence-electron chi connectivity index (χ2n) is 14.3. The zero-order valence-electron chi connectivity index (χ0n) is 27.5. The summed E-state index contributed by atoms with van der Waals surface area (Å²) in [7, 11) is 0. The van der Waals surface area contributed by atoms with E-state index in [1.165, 1.54) is 88.2 Å². The average Bonchev–Trinajstić information content (AvgIpc) is 2.88. The first kappa shape index (κ1) is 34.2. The minimum atomic E-state index is -0.188. The largest absolute Gasteiger partial charge is 0.507 e. The van der Waals surface area contributed by atoms with Gasteiger partial charge in [-0.3, -0.25) is 0 Å². The maximum absolute atomic E-state index is 11.6. The van der Waals surface area contributed by atoms with E-state index in [1.807, 2.05) is 0 Å². The first-order valence-electron chi connectivity index (χ1n) is 16.6. The van der Waals surface area contributed by atoms with Crippen molar-refractivity contribution in [3.8, 4) is 22.6 Å². The lowest BCUT2D eigenvalue weighted by Crippen LogP contribution is -2.14. The molecule has 2 heteroatoms. The summed E-state index contributed by atoms with van der Waals surface area (Å²) in [5.74, 6) is 0.637. The van der Waals surface area contributed by atoms with Gasteiger partial charge in [0.1, 0.15) is 11.5 Å². The Labute approximate surface area is 248 Å². The zero-order chi connectivity index (χ0) is 29.8. The molecule has 0 aliphatic heterocycles. The number of aryl methyl sites for hydroxylation is 2. The molecule has 0 radical (unpaired) electrons. The van der Waals surface area contributed by atoms with E-state index in [0.717, 1.165) is 47.9 Å². The Morgan fingerprint density at radius 2 is 0.750 bits per heavy atom. The van der Waals surface area contributed by atoms with Crippen molar-refractivity contribution in [2.24, 2.45) is 0 Å². The quantitative estimate of drug-likeness (QED) is 0.192. The summed E-state index contributed by atoms with van der Waals surface area (Å²) in [5.41, 5.74) is 5.67. The lowest BCUT2D eigenvalue weighted by Gasteiger charge is -2.26. The molecule has 0 aliphatic rings. The molecule has 2 aromatic carbocycles. The molecule has 0 atom stereocenters. The predicted octanol–water partition coefficient (Wildman–Crippen LogP) is 11.9. The number of rotatable bonds is 17. The van der Waals surface area contributed by atoms with Gasteiger partial charge >= 0.3 is 0 Å². The molecule has 2 nitrogen and oxygen atoms in total. The van der Waals surface area contributed by atoms with Crippen LogP contribution in [0.15, 0.2) is 24.3 Å². The fraction of sp³-hybridized carbons (Fsp3) is 0.684. The molecule has 2 N–H and O–H groups in total. The van der Waals surface area contributed by atoms with Gasteiger partial charge in [-0.15, -0.1) is 0 Å². The highest BCUT2D eigenvalue weighted by Gasteiger charge is 2.26. The minimum Gasteiger partial charge on any atom is -0.507 e. The van der Waals surface area contributed by atoms with Gasteiger partial charge in [-0.1, -0.05) is 145 Å². The Kier molecular flexibility index (Phi) is 14.1. The number of hydrogen-bond acceptors (Lipinski definition) is 2.